The van der Waals surface area contributed by atoms with Gasteiger partial charge in [0.05, 0.1) is 17.7 Å². The summed E-state index contributed by atoms with van der Waals surface area (Å²) in [4.78, 5) is 12.1. The van der Waals surface area contributed by atoms with Crippen molar-refractivity contribution in [2.45, 2.75) is 17.7 Å². The quantitative estimate of drug-likeness (QED) is 0.654. The standard InChI is InChI=1S/C18H20BrFN2O4S/c1-22(27(24,25)15-8-6-14(20)7-9-15)11-3-4-18(23)21-16-12-13(19)5-10-17(16)26-2/h5-10,12H,3-4,11H2,1-2H3,(H,21,23). The Hall–Kier alpha value is -1.97. The van der Waals surface area contributed by atoms with Crippen LogP contribution in [0.15, 0.2) is 51.8 Å². The van der Waals surface area contributed by atoms with Crippen LogP contribution in [-0.2, 0) is 14.8 Å². The zero-order valence-corrected chi connectivity index (χ0v) is 17.3. The smallest absolute Gasteiger partial charge is 0.242 e. The molecule has 0 bridgehead atoms. The number of hydrogen-bond donors (Lipinski definition) is 1. The molecule has 0 radical (unpaired) electrons. The van der Waals surface area contributed by atoms with Gasteiger partial charge in [0.1, 0.15) is 11.6 Å². The Morgan fingerprint density at radius 2 is 1.89 bits per heavy atom. The van der Waals surface area contributed by atoms with Gasteiger partial charge in [-0.3, -0.25) is 4.79 Å². The van der Waals surface area contributed by atoms with E-state index >= 15 is 0 Å². The van der Waals surface area contributed by atoms with E-state index in [1.165, 1.54) is 26.3 Å². The molecule has 0 saturated heterocycles. The highest BCUT2D eigenvalue weighted by Crippen LogP contribution is 2.28. The summed E-state index contributed by atoms with van der Waals surface area (Å²) in [5.41, 5.74) is 0.532. The first-order chi connectivity index (χ1) is 12.7. The molecule has 0 saturated carbocycles. The number of sulfonamides is 1. The molecule has 27 heavy (non-hydrogen) atoms. The van der Waals surface area contributed by atoms with Crippen molar-refractivity contribution in [3.8, 4) is 5.75 Å². The third-order valence-corrected chi connectivity index (χ3v) is 6.20. The minimum atomic E-state index is -3.72. The largest absolute Gasteiger partial charge is 0.495 e. The summed E-state index contributed by atoms with van der Waals surface area (Å²) in [6.45, 7) is 0.156. The SMILES string of the molecule is COc1ccc(Br)cc1NC(=O)CCCN(C)S(=O)(=O)c1ccc(F)cc1. The molecule has 146 valence electrons. The Labute approximate surface area is 166 Å². The molecular formula is C18H20BrFN2O4S. The summed E-state index contributed by atoms with van der Waals surface area (Å²) in [7, 11) is -0.787. The molecule has 9 heteroatoms. The van der Waals surface area contributed by atoms with Crippen LogP contribution in [0.25, 0.3) is 0 Å². The molecule has 0 fully saturated rings. The van der Waals surface area contributed by atoms with Gasteiger partial charge in [-0.15, -0.1) is 0 Å². The fraction of sp³-hybridized carbons (Fsp3) is 0.278. The molecule has 0 aromatic heterocycles. The van der Waals surface area contributed by atoms with Crippen LogP contribution in [0.4, 0.5) is 10.1 Å². The van der Waals surface area contributed by atoms with E-state index in [0.29, 0.717) is 17.9 Å². The molecule has 2 rings (SSSR count). The first-order valence-corrected chi connectivity index (χ1v) is 10.3. The van der Waals surface area contributed by atoms with E-state index in [1.807, 2.05) is 0 Å². The molecule has 1 amide bonds. The highest BCUT2D eigenvalue weighted by molar-refractivity contribution is 9.10. The maximum absolute atomic E-state index is 13.0. The predicted molar refractivity (Wildman–Crippen MR) is 105 cm³/mol. The average molecular weight is 459 g/mol. The predicted octanol–water partition coefficient (Wildman–Crippen LogP) is 3.64. The average Bonchev–Trinajstić information content (AvgIpc) is 2.62. The molecule has 0 atom stereocenters. The van der Waals surface area contributed by atoms with Gasteiger partial charge in [0.2, 0.25) is 15.9 Å². The molecule has 0 spiro atoms. The summed E-state index contributed by atoms with van der Waals surface area (Å²) in [5, 5.41) is 2.75. The van der Waals surface area contributed by atoms with Crippen LogP contribution in [0.2, 0.25) is 0 Å². The molecule has 0 aliphatic carbocycles. The van der Waals surface area contributed by atoms with Crippen LogP contribution in [0, 0.1) is 5.82 Å². The number of nitrogens with zero attached hydrogens (tertiary/aromatic N) is 1. The van der Waals surface area contributed by atoms with E-state index in [2.05, 4.69) is 21.2 Å². The van der Waals surface area contributed by atoms with E-state index in [1.54, 1.807) is 18.2 Å². The summed E-state index contributed by atoms with van der Waals surface area (Å²) >= 11 is 3.33. The lowest BCUT2D eigenvalue weighted by Gasteiger charge is -2.17. The van der Waals surface area contributed by atoms with Crippen molar-refractivity contribution >= 4 is 37.5 Å². The second kappa shape index (κ2) is 9.29. The number of halogens is 2. The van der Waals surface area contributed by atoms with E-state index in [4.69, 9.17) is 4.74 Å². The van der Waals surface area contributed by atoms with Gasteiger partial charge in [0, 0.05) is 24.5 Å². The van der Waals surface area contributed by atoms with Gasteiger partial charge in [0.15, 0.2) is 0 Å². The van der Waals surface area contributed by atoms with Crippen LogP contribution in [-0.4, -0.2) is 39.3 Å². The molecule has 0 heterocycles. The number of nitrogens with one attached hydrogen (secondary N) is 1. The molecule has 0 unspecified atom stereocenters. The Morgan fingerprint density at radius 1 is 1.22 bits per heavy atom. The summed E-state index contributed by atoms with van der Waals surface area (Å²) < 4.78 is 44.9. The lowest BCUT2D eigenvalue weighted by molar-refractivity contribution is -0.116. The van der Waals surface area contributed by atoms with Crippen molar-refractivity contribution in [2.24, 2.45) is 0 Å². The number of amides is 1. The van der Waals surface area contributed by atoms with Crippen LogP contribution in [0.1, 0.15) is 12.8 Å². The van der Waals surface area contributed by atoms with Crippen LogP contribution < -0.4 is 10.1 Å². The van der Waals surface area contributed by atoms with Crippen molar-refractivity contribution in [1.82, 2.24) is 4.31 Å². The summed E-state index contributed by atoms with van der Waals surface area (Å²) in [6, 6.07) is 9.87. The lowest BCUT2D eigenvalue weighted by Crippen LogP contribution is -2.28. The van der Waals surface area contributed by atoms with Crippen molar-refractivity contribution in [1.29, 1.82) is 0 Å². The van der Waals surface area contributed by atoms with Gasteiger partial charge in [-0.1, -0.05) is 15.9 Å². The number of anilines is 1. The number of rotatable bonds is 8. The van der Waals surface area contributed by atoms with Crippen LogP contribution in [0.3, 0.4) is 0 Å². The Kier molecular flexibility index (Phi) is 7.34. The summed E-state index contributed by atoms with van der Waals surface area (Å²) in [5.74, 6) is -0.224. The van der Waals surface area contributed by atoms with Crippen molar-refractivity contribution in [3.05, 3.63) is 52.8 Å². The third-order valence-electron chi connectivity index (χ3n) is 3.83. The summed E-state index contributed by atoms with van der Waals surface area (Å²) in [6.07, 6.45) is 0.470. The Morgan fingerprint density at radius 3 is 2.52 bits per heavy atom. The first-order valence-electron chi connectivity index (χ1n) is 8.09. The molecule has 2 aromatic carbocycles. The van der Waals surface area contributed by atoms with E-state index in [9.17, 15) is 17.6 Å². The number of hydrogen-bond acceptors (Lipinski definition) is 4. The highest BCUT2D eigenvalue weighted by atomic mass is 79.9. The fourth-order valence-corrected chi connectivity index (χ4v) is 3.93. The zero-order valence-electron chi connectivity index (χ0n) is 14.9. The number of methoxy groups -OCH3 is 1. The number of carbonyl (C=O) groups is 1. The second-order valence-corrected chi connectivity index (χ2v) is 8.74. The van der Waals surface area contributed by atoms with Crippen molar-refractivity contribution in [3.63, 3.8) is 0 Å². The molecule has 2 aromatic rings. The topological polar surface area (TPSA) is 75.7 Å². The highest BCUT2D eigenvalue weighted by Gasteiger charge is 2.20. The Bertz CT molecular complexity index is 904. The normalized spacial score (nSPS) is 11.4. The van der Waals surface area contributed by atoms with Crippen molar-refractivity contribution < 1.29 is 22.3 Å². The van der Waals surface area contributed by atoms with Gasteiger partial charge in [-0.05, 0) is 48.9 Å². The van der Waals surface area contributed by atoms with Crippen molar-refractivity contribution in [2.75, 3.05) is 26.0 Å². The zero-order chi connectivity index (χ0) is 20.0. The molecule has 1 N–H and O–H groups in total. The third kappa shape index (κ3) is 5.75. The molecular weight excluding hydrogens is 439 g/mol. The van der Waals surface area contributed by atoms with Crippen LogP contribution >= 0.6 is 15.9 Å². The number of carbonyl (C=O) groups excluding carboxylic acids is 1. The molecule has 0 aliphatic heterocycles. The van der Waals surface area contributed by atoms with Gasteiger partial charge in [0.25, 0.3) is 0 Å². The van der Waals surface area contributed by atoms with E-state index < -0.39 is 15.8 Å². The minimum Gasteiger partial charge on any atom is -0.495 e. The van der Waals surface area contributed by atoms with Gasteiger partial charge in [-0.25, -0.2) is 17.1 Å². The minimum absolute atomic E-state index is 0.00900. The maximum atomic E-state index is 13.0. The first kappa shape index (κ1) is 21.3. The van der Waals surface area contributed by atoms with Crippen LogP contribution in [0.5, 0.6) is 5.75 Å². The number of benzene rings is 2. The van der Waals surface area contributed by atoms with E-state index in [0.717, 1.165) is 20.9 Å². The molecule has 0 aliphatic rings. The second-order valence-electron chi connectivity index (χ2n) is 5.78. The monoisotopic (exact) mass is 458 g/mol. The van der Waals surface area contributed by atoms with E-state index in [-0.39, 0.29) is 23.8 Å². The maximum Gasteiger partial charge on any atom is 0.242 e. The fourth-order valence-electron chi connectivity index (χ4n) is 2.36. The van der Waals surface area contributed by atoms with Gasteiger partial charge < -0.3 is 10.1 Å². The van der Waals surface area contributed by atoms with Gasteiger partial charge >= 0.3 is 0 Å². The Balaban J connectivity index is 1.91. The molecule has 6 nitrogen and oxygen atoms in total. The van der Waals surface area contributed by atoms with Gasteiger partial charge in [-0.2, -0.15) is 0 Å². The number of ether oxygens (including phenoxy) is 1. The lowest BCUT2D eigenvalue weighted by atomic mass is 10.2.